The van der Waals surface area contributed by atoms with Gasteiger partial charge < -0.3 is 4.52 Å². The predicted molar refractivity (Wildman–Crippen MR) is 109 cm³/mol. The number of rotatable bonds is 4. The van der Waals surface area contributed by atoms with Gasteiger partial charge in [-0.25, -0.2) is 8.78 Å². The summed E-state index contributed by atoms with van der Waals surface area (Å²) >= 11 is 0. The van der Waals surface area contributed by atoms with Gasteiger partial charge in [-0.3, -0.25) is 9.88 Å². The first kappa shape index (κ1) is 18.8. The van der Waals surface area contributed by atoms with Gasteiger partial charge >= 0.3 is 0 Å². The van der Waals surface area contributed by atoms with Gasteiger partial charge in [0, 0.05) is 30.2 Å². The highest BCUT2D eigenvalue weighted by atomic mass is 19.1. The van der Waals surface area contributed by atoms with Gasteiger partial charge in [0.1, 0.15) is 11.6 Å². The summed E-state index contributed by atoms with van der Waals surface area (Å²) in [4.78, 5) is 11.2. The molecule has 0 amide bonds. The second-order valence-corrected chi connectivity index (χ2v) is 7.68. The van der Waals surface area contributed by atoms with Crippen LogP contribution in [0.5, 0.6) is 0 Å². The number of benzene rings is 2. The van der Waals surface area contributed by atoms with Gasteiger partial charge in [-0.2, -0.15) is 4.98 Å². The van der Waals surface area contributed by atoms with Crippen molar-refractivity contribution in [1.29, 1.82) is 0 Å². The van der Waals surface area contributed by atoms with Crippen LogP contribution in [0.3, 0.4) is 0 Å². The summed E-state index contributed by atoms with van der Waals surface area (Å²) in [6, 6.07) is 12.9. The molecule has 5 nitrogen and oxygen atoms in total. The van der Waals surface area contributed by atoms with E-state index < -0.39 is 0 Å². The second kappa shape index (κ2) is 7.91. The van der Waals surface area contributed by atoms with Crippen LogP contribution in [0.1, 0.15) is 30.2 Å². The van der Waals surface area contributed by atoms with Crippen molar-refractivity contribution in [1.82, 2.24) is 20.0 Å². The molecule has 152 valence electrons. The first-order valence-corrected chi connectivity index (χ1v) is 10.0. The Kier molecular flexibility index (Phi) is 4.96. The fourth-order valence-corrected chi connectivity index (χ4v) is 4.14. The number of piperidine rings is 1. The summed E-state index contributed by atoms with van der Waals surface area (Å²) in [5.41, 5.74) is 2.29. The monoisotopic (exact) mass is 406 g/mol. The number of nitrogens with zero attached hydrogens (tertiary/aromatic N) is 4. The van der Waals surface area contributed by atoms with E-state index in [0.29, 0.717) is 23.8 Å². The molecule has 1 aliphatic rings. The van der Waals surface area contributed by atoms with Crippen LogP contribution < -0.4 is 0 Å². The van der Waals surface area contributed by atoms with Crippen molar-refractivity contribution < 1.29 is 13.3 Å². The second-order valence-electron chi connectivity index (χ2n) is 7.68. The van der Waals surface area contributed by atoms with Crippen LogP contribution in [0, 0.1) is 11.6 Å². The zero-order chi connectivity index (χ0) is 20.5. The third-order valence-corrected chi connectivity index (χ3v) is 5.52. The number of pyridine rings is 1. The Morgan fingerprint density at radius 1 is 1.07 bits per heavy atom. The van der Waals surface area contributed by atoms with E-state index in [9.17, 15) is 8.78 Å². The lowest BCUT2D eigenvalue weighted by molar-refractivity contribution is 0.180. The summed E-state index contributed by atoms with van der Waals surface area (Å²) in [5.74, 6) is 0.443. The first-order valence-electron chi connectivity index (χ1n) is 10.0. The molecule has 1 saturated heterocycles. The average Bonchev–Trinajstić information content (AvgIpc) is 3.24. The van der Waals surface area contributed by atoms with Crippen LogP contribution in [0.25, 0.3) is 22.3 Å². The van der Waals surface area contributed by atoms with Gasteiger partial charge in [-0.05, 0) is 55.3 Å². The highest BCUT2D eigenvalue weighted by Gasteiger charge is 2.27. The van der Waals surface area contributed by atoms with Crippen molar-refractivity contribution in [2.45, 2.75) is 25.3 Å². The molecule has 0 aliphatic carbocycles. The van der Waals surface area contributed by atoms with Crippen molar-refractivity contribution in [3.8, 4) is 11.4 Å². The van der Waals surface area contributed by atoms with Crippen molar-refractivity contribution in [3.05, 3.63) is 77.8 Å². The molecule has 0 saturated carbocycles. The van der Waals surface area contributed by atoms with Gasteiger partial charge in [0.15, 0.2) is 0 Å². The summed E-state index contributed by atoms with van der Waals surface area (Å²) < 4.78 is 33.1. The van der Waals surface area contributed by atoms with E-state index in [0.717, 1.165) is 42.4 Å². The minimum absolute atomic E-state index is 0.0846. The maximum atomic E-state index is 14.1. The average molecular weight is 406 g/mol. The quantitative estimate of drug-likeness (QED) is 0.480. The van der Waals surface area contributed by atoms with E-state index in [1.54, 1.807) is 24.4 Å². The molecule has 0 N–H and O–H groups in total. The van der Waals surface area contributed by atoms with E-state index in [4.69, 9.17) is 4.52 Å². The van der Waals surface area contributed by atoms with E-state index >= 15 is 0 Å². The lowest BCUT2D eigenvalue weighted by Crippen LogP contribution is -2.34. The Bertz CT molecular complexity index is 1190. The summed E-state index contributed by atoms with van der Waals surface area (Å²) in [6.45, 7) is 2.24. The molecule has 5 rings (SSSR count). The molecule has 7 heteroatoms. The van der Waals surface area contributed by atoms with Gasteiger partial charge in [-0.15, -0.1) is 0 Å². The minimum atomic E-state index is -0.335. The van der Waals surface area contributed by atoms with Crippen LogP contribution in [0.2, 0.25) is 0 Å². The number of hydrogen-bond donors (Lipinski definition) is 0. The van der Waals surface area contributed by atoms with Gasteiger partial charge in [0.05, 0.1) is 11.4 Å². The first-order chi connectivity index (χ1) is 14.7. The number of likely N-dealkylation sites (tertiary alicyclic amines) is 1. The Morgan fingerprint density at radius 2 is 2.00 bits per heavy atom. The molecule has 4 aromatic rings. The Balaban J connectivity index is 1.35. The molecule has 2 aromatic carbocycles. The van der Waals surface area contributed by atoms with E-state index in [1.165, 1.54) is 18.2 Å². The lowest BCUT2D eigenvalue weighted by Gasteiger charge is -2.31. The molecule has 1 fully saturated rings. The number of halogens is 2. The maximum absolute atomic E-state index is 14.1. The standard InChI is InChI=1S/C23H20F2N4O/c24-19-7-1-4-16(11-19)22-27-23(30-28-22)17-6-3-9-29(13-17)14-18-12-20(25)10-15-5-2-8-26-21(15)18/h1-2,4-5,7-8,10-12,17H,3,6,9,13-14H2. The van der Waals surface area contributed by atoms with E-state index in [1.807, 2.05) is 12.1 Å². The zero-order valence-corrected chi connectivity index (χ0v) is 16.3. The smallest absolute Gasteiger partial charge is 0.231 e. The molecule has 0 spiro atoms. The zero-order valence-electron chi connectivity index (χ0n) is 16.3. The van der Waals surface area contributed by atoms with Crippen LogP contribution in [0.15, 0.2) is 59.3 Å². The summed E-state index contributed by atoms with van der Waals surface area (Å²) in [6.07, 6.45) is 3.64. The van der Waals surface area contributed by atoms with Crippen LogP contribution in [0.4, 0.5) is 8.78 Å². The van der Waals surface area contributed by atoms with Crippen LogP contribution >= 0.6 is 0 Å². The predicted octanol–water partition coefficient (Wildman–Crippen LogP) is 4.94. The lowest BCUT2D eigenvalue weighted by atomic mass is 9.97. The number of aromatic nitrogens is 3. The van der Waals surface area contributed by atoms with Crippen molar-refractivity contribution >= 4 is 10.9 Å². The molecule has 1 aliphatic heterocycles. The molecule has 3 heterocycles. The Labute approximate surface area is 172 Å². The van der Waals surface area contributed by atoms with Gasteiger partial charge in [0.25, 0.3) is 0 Å². The molecule has 1 atom stereocenters. The highest BCUT2D eigenvalue weighted by Crippen LogP contribution is 2.29. The number of hydrogen-bond acceptors (Lipinski definition) is 5. The SMILES string of the molecule is Fc1cccc(-c2noc(C3CCCN(Cc4cc(F)cc5cccnc45)C3)n2)c1. The molecule has 2 aromatic heterocycles. The molecule has 1 unspecified atom stereocenters. The normalized spacial score (nSPS) is 17.5. The topological polar surface area (TPSA) is 55.1 Å². The molecular formula is C23H20F2N4O. The molecular weight excluding hydrogens is 386 g/mol. The fourth-order valence-electron chi connectivity index (χ4n) is 4.14. The summed E-state index contributed by atoms with van der Waals surface area (Å²) in [5, 5.41) is 4.84. The van der Waals surface area contributed by atoms with Crippen molar-refractivity contribution in [2.75, 3.05) is 13.1 Å². The van der Waals surface area contributed by atoms with Crippen LogP contribution in [-0.2, 0) is 6.54 Å². The summed E-state index contributed by atoms with van der Waals surface area (Å²) in [7, 11) is 0. The third-order valence-electron chi connectivity index (χ3n) is 5.52. The minimum Gasteiger partial charge on any atom is -0.339 e. The molecule has 0 radical (unpaired) electrons. The number of fused-ring (bicyclic) bond motifs is 1. The van der Waals surface area contributed by atoms with Crippen molar-refractivity contribution in [2.24, 2.45) is 0 Å². The van der Waals surface area contributed by atoms with Gasteiger partial charge in [-0.1, -0.05) is 23.4 Å². The molecule has 30 heavy (non-hydrogen) atoms. The van der Waals surface area contributed by atoms with Gasteiger partial charge in [0.2, 0.25) is 11.7 Å². The fraction of sp³-hybridized carbons (Fsp3) is 0.261. The Hall–Kier alpha value is -3.19. The highest BCUT2D eigenvalue weighted by molar-refractivity contribution is 5.81. The van der Waals surface area contributed by atoms with E-state index in [2.05, 4.69) is 20.0 Å². The Morgan fingerprint density at radius 3 is 2.90 bits per heavy atom. The van der Waals surface area contributed by atoms with Crippen LogP contribution in [-0.4, -0.2) is 33.1 Å². The maximum Gasteiger partial charge on any atom is 0.231 e. The van der Waals surface area contributed by atoms with Crippen molar-refractivity contribution in [3.63, 3.8) is 0 Å². The molecule has 0 bridgehead atoms. The van der Waals surface area contributed by atoms with E-state index in [-0.39, 0.29) is 17.6 Å². The third kappa shape index (κ3) is 3.80. The largest absolute Gasteiger partial charge is 0.339 e.